The van der Waals surface area contributed by atoms with Crippen LogP contribution in [-0.2, 0) is 6.54 Å². The molecule has 2 aromatic heterocycles. The monoisotopic (exact) mass is 437 g/mol. The molecule has 0 spiro atoms. The normalized spacial score (nSPS) is 13.0. The summed E-state index contributed by atoms with van der Waals surface area (Å²) in [5.41, 5.74) is 2.69. The van der Waals surface area contributed by atoms with Gasteiger partial charge in [-0.15, -0.1) is 0 Å². The first-order valence-electron chi connectivity index (χ1n) is 10.2. The first-order valence-corrected chi connectivity index (χ1v) is 10.5. The standard InChI is InChI=1S/C23H24ClN5O2/c1-29(2)22-17(4-3-9-25-22)12-26-23(30)18-11-20(28-27-13-18)16-7-8-21(19(24)10-16)31-14-15-5-6-15/h3-4,7-11,13,15H,5-6,12,14H2,1-2H3,(H,26,30). The fraction of sp³-hybridized carbons (Fsp3) is 0.304. The third-order valence-electron chi connectivity index (χ3n) is 5.05. The number of nitrogens with zero attached hydrogens (tertiary/aromatic N) is 4. The van der Waals surface area contributed by atoms with Crippen LogP contribution in [0.3, 0.4) is 0 Å². The number of anilines is 1. The maximum atomic E-state index is 12.7. The summed E-state index contributed by atoms with van der Waals surface area (Å²) in [6.07, 6.45) is 5.62. The van der Waals surface area contributed by atoms with Crippen molar-refractivity contribution in [2.75, 3.05) is 25.6 Å². The fourth-order valence-corrected chi connectivity index (χ4v) is 3.38. The molecule has 1 aromatic carbocycles. The lowest BCUT2D eigenvalue weighted by atomic mass is 10.1. The molecule has 1 saturated carbocycles. The predicted octanol–water partition coefficient (Wildman–Crippen LogP) is 3.98. The van der Waals surface area contributed by atoms with Crippen molar-refractivity contribution in [3.63, 3.8) is 0 Å². The molecule has 4 rings (SSSR count). The van der Waals surface area contributed by atoms with E-state index in [1.165, 1.54) is 19.0 Å². The van der Waals surface area contributed by atoms with Gasteiger partial charge in [0.1, 0.15) is 11.6 Å². The molecular formula is C23H24ClN5O2. The van der Waals surface area contributed by atoms with Crippen LogP contribution >= 0.6 is 11.6 Å². The van der Waals surface area contributed by atoms with E-state index < -0.39 is 0 Å². The van der Waals surface area contributed by atoms with Gasteiger partial charge in [0.15, 0.2) is 0 Å². The van der Waals surface area contributed by atoms with Crippen LogP contribution in [0.5, 0.6) is 5.75 Å². The topological polar surface area (TPSA) is 80.2 Å². The average Bonchev–Trinajstić information content (AvgIpc) is 3.61. The Morgan fingerprint density at radius 3 is 2.84 bits per heavy atom. The van der Waals surface area contributed by atoms with Crippen molar-refractivity contribution < 1.29 is 9.53 Å². The molecule has 1 aliphatic rings. The van der Waals surface area contributed by atoms with Gasteiger partial charge >= 0.3 is 0 Å². The zero-order valence-electron chi connectivity index (χ0n) is 17.5. The summed E-state index contributed by atoms with van der Waals surface area (Å²) in [6.45, 7) is 1.05. The second-order valence-corrected chi connectivity index (χ2v) is 8.20. The molecule has 1 N–H and O–H groups in total. The molecule has 1 amide bonds. The lowest BCUT2D eigenvalue weighted by Crippen LogP contribution is -2.25. The summed E-state index contributed by atoms with van der Waals surface area (Å²) in [5.74, 6) is 1.89. The molecule has 31 heavy (non-hydrogen) atoms. The molecule has 0 bridgehead atoms. The zero-order valence-corrected chi connectivity index (χ0v) is 18.3. The van der Waals surface area contributed by atoms with Crippen LogP contribution in [-0.4, -0.2) is 41.8 Å². The molecule has 0 unspecified atom stereocenters. The smallest absolute Gasteiger partial charge is 0.253 e. The van der Waals surface area contributed by atoms with Crippen LogP contribution in [0.2, 0.25) is 5.02 Å². The van der Waals surface area contributed by atoms with Gasteiger partial charge in [0.05, 0.1) is 29.1 Å². The van der Waals surface area contributed by atoms with Crippen molar-refractivity contribution in [3.8, 4) is 17.0 Å². The Hall–Kier alpha value is -3.19. The van der Waals surface area contributed by atoms with Gasteiger partial charge in [-0.1, -0.05) is 17.7 Å². The Bertz CT molecular complexity index is 1090. The minimum atomic E-state index is -0.236. The molecule has 1 fully saturated rings. The highest BCUT2D eigenvalue weighted by molar-refractivity contribution is 6.32. The van der Waals surface area contributed by atoms with E-state index in [1.54, 1.807) is 18.3 Å². The number of pyridine rings is 1. The van der Waals surface area contributed by atoms with Crippen LogP contribution in [0.1, 0.15) is 28.8 Å². The van der Waals surface area contributed by atoms with Gasteiger partial charge in [0.25, 0.3) is 5.91 Å². The van der Waals surface area contributed by atoms with Gasteiger partial charge in [-0.25, -0.2) is 4.98 Å². The Morgan fingerprint density at radius 1 is 1.26 bits per heavy atom. The minimum absolute atomic E-state index is 0.236. The molecule has 1 aliphatic carbocycles. The van der Waals surface area contributed by atoms with E-state index in [4.69, 9.17) is 16.3 Å². The lowest BCUT2D eigenvalue weighted by Gasteiger charge is -2.16. The van der Waals surface area contributed by atoms with E-state index in [0.717, 1.165) is 16.9 Å². The largest absolute Gasteiger partial charge is 0.492 e. The van der Waals surface area contributed by atoms with Gasteiger partial charge in [-0.3, -0.25) is 4.79 Å². The van der Waals surface area contributed by atoms with E-state index in [1.807, 2.05) is 43.3 Å². The van der Waals surface area contributed by atoms with Gasteiger partial charge in [-0.2, -0.15) is 10.2 Å². The van der Waals surface area contributed by atoms with Crippen LogP contribution < -0.4 is 15.0 Å². The van der Waals surface area contributed by atoms with Gasteiger partial charge < -0.3 is 15.0 Å². The number of hydrogen-bond acceptors (Lipinski definition) is 6. The third-order valence-corrected chi connectivity index (χ3v) is 5.34. The van der Waals surface area contributed by atoms with E-state index in [2.05, 4.69) is 20.5 Å². The molecule has 0 atom stereocenters. The Balaban J connectivity index is 1.45. The highest BCUT2D eigenvalue weighted by atomic mass is 35.5. The number of hydrogen-bond donors (Lipinski definition) is 1. The number of carbonyl (C=O) groups is 1. The molecule has 3 aromatic rings. The first-order chi connectivity index (χ1) is 15.0. The summed E-state index contributed by atoms with van der Waals surface area (Å²) in [7, 11) is 3.83. The van der Waals surface area contributed by atoms with Crippen LogP contribution in [0.4, 0.5) is 5.82 Å². The van der Waals surface area contributed by atoms with Gasteiger partial charge in [0.2, 0.25) is 0 Å². The van der Waals surface area contributed by atoms with Crippen LogP contribution in [0.25, 0.3) is 11.3 Å². The minimum Gasteiger partial charge on any atom is -0.492 e. The maximum Gasteiger partial charge on any atom is 0.253 e. The van der Waals surface area contributed by atoms with E-state index in [9.17, 15) is 4.79 Å². The maximum absolute atomic E-state index is 12.7. The summed E-state index contributed by atoms with van der Waals surface area (Å²) >= 11 is 6.38. The molecule has 8 heteroatoms. The average molecular weight is 438 g/mol. The van der Waals surface area contributed by atoms with Crippen molar-refractivity contribution in [2.24, 2.45) is 5.92 Å². The second-order valence-electron chi connectivity index (χ2n) is 7.79. The molecule has 0 saturated heterocycles. The lowest BCUT2D eigenvalue weighted by molar-refractivity contribution is 0.0950. The van der Waals surface area contributed by atoms with E-state index in [0.29, 0.717) is 41.1 Å². The number of ether oxygens (including phenoxy) is 1. The van der Waals surface area contributed by atoms with Gasteiger partial charge in [0, 0.05) is 38.0 Å². The van der Waals surface area contributed by atoms with Crippen molar-refractivity contribution in [2.45, 2.75) is 19.4 Å². The molecule has 0 radical (unpaired) electrons. The van der Waals surface area contributed by atoms with Crippen LogP contribution in [0.15, 0.2) is 48.8 Å². The summed E-state index contributed by atoms with van der Waals surface area (Å²) in [6, 6.07) is 11.0. The third kappa shape index (κ3) is 5.30. The SMILES string of the molecule is CN(C)c1ncccc1CNC(=O)c1cnnc(-c2ccc(OCC3CC3)c(Cl)c2)c1. The van der Waals surface area contributed by atoms with Crippen molar-refractivity contribution in [1.82, 2.24) is 20.5 Å². The molecule has 2 heterocycles. The molecule has 7 nitrogen and oxygen atoms in total. The van der Waals surface area contributed by atoms with Crippen LogP contribution in [0, 0.1) is 5.92 Å². The van der Waals surface area contributed by atoms with Gasteiger partial charge in [-0.05, 0) is 49.1 Å². The highest BCUT2D eigenvalue weighted by Gasteiger charge is 2.22. The number of amides is 1. The van der Waals surface area contributed by atoms with E-state index in [-0.39, 0.29) is 5.91 Å². The Kier molecular flexibility index (Phi) is 6.32. The number of aromatic nitrogens is 3. The number of carbonyl (C=O) groups excluding carboxylic acids is 1. The number of rotatable bonds is 8. The highest BCUT2D eigenvalue weighted by Crippen LogP contribution is 2.33. The quantitative estimate of drug-likeness (QED) is 0.574. The van der Waals surface area contributed by atoms with Crippen molar-refractivity contribution >= 4 is 23.3 Å². The van der Waals surface area contributed by atoms with Crippen molar-refractivity contribution in [3.05, 3.63) is 64.9 Å². The second kappa shape index (κ2) is 9.31. The number of nitrogens with one attached hydrogen (secondary N) is 1. The van der Waals surface area contributed by atoms with E-state index >= 15 is 0 Å². The number of halogens is 1. The number of benzene rings is 1. The zero-order chi connectivity index (χ0) is 21.8. The molecule has 0 aliphatic heterocycles. The summed E-state index contributed by atoms with van der Waals surface area (Å²) < 4.78 is 5.77. The molecule has 160 valence electrons. The molecular weight excluding hydrogens is 414 g/mol. The summed E-state index contributed by atoms with van der Waals surface area (Å²) in [5, 5.41) is 11.6. The Morgan fingerprint density at radius 2 is 2.10 bits per heavy atom. The van der Waals surface area contributed by atoms with Crippen molar-refractivity contribution in [1.29, 1.82) is 0 Å². The Labute approximate surface area is 186 Å². The summed E-state index contributed by atoms with van der Waals surface area (Å²) in [4.78, 5) is 19.0. The predicted molar refractivity (Wildman–Crippen MR) is 120 cm³/mol. The first kappa shape index (κ1) is 21.1. The fourth-order valence-electron chi connectivity index (χ4n) is 3.15.